The average Bonchev–Trinajstić information content (AvgIpc) is 3.28. The van der Waals surface area contributed by atoms with Gasteiger partial charge in [0.1, 0.15) is 6.04 Å². The Morgan fingerprint density at radius 2 is 1.82 bits per heavy atom. The number of nitrogens with zero attached hydrogens (tertiary/aromatic N) is 3. The minimum atomic E-state index is -0.166. The summed E-state index contributed by atoms with van der Waals surface area (Å²) in [4.78, 5) is 19.1. The van der Waals surface area contributed by atoms with Gasteiger partial charge in [-0.05, 0) is 62.4 Å². The predicted octanol–water partition coefficient (Wildman–Crippen LogP) is 4.83. The molecule has 5 heteroatoms. The molecular weight excluding hydrogens is 350 g/mol. The van der Waals surface area contributed by atoms with Gasteiger partial charge in [-0.25, -0.2) is 0 Å². The first-order valence-electron chi connectivity index (χ1n) is 9.69. The molecule has 2 heterocycles. The van der Waals surface area contributed by atoms with Crippen LogP contribution in [0.25, 0.3) is 11.4 Å². The van der Waals surface area contributed by atoms with Gasteiger partial charge in [-0.2, -0.15) is 4.98 Å². The van der Waals surface area contributed by atoms with Crippen molar-refractivity contribution in [2.45, 2.75) is 53.1 Å². The lowest BCUT2D eigenvalue weighted by Crippen LogP contribution is -2.27. The normalized spacial score (nSPS) is 16.8. The summed E-state index contributed by atoms with van der Waals surface area (Å²) in [5, 5.41) is 4.18. The molecule has 0 N–H and O–H groups in total. The van der Waals surface area contributed by atoms with E-state index < -0.39 is 0 Å². The van der Waals surface area contributed by atoms with Crippen LogP contribution in [-0.2, 0) is 11.3 Å². The van der Waals surface area contributed by atoms with Gasteiger partial charge < -0.3 is 9.42 Å². The lowest BCUT2D eigenvalue weighted by atomic mass is 10.0. The van der Waals surface area contributed by atoms with E-state index in [4.69, 9.17) is 4.52 Å². The molecule has 0 aliphatic carbocycles. The smallest absolute Gasteiger partial charge is 0.249 e. The van der Waals surface area contributed by atoms with Crippen molar-refractivity contribution in [1.82, 2.24) is 15.0 Å². The molecule has 1 atom stereocenters. The maximum atomic E-state index is 12.6. The zero-order chi connectivity index (χ0) is 19.8. The molecule has 1 aliphatic heterocycles. The number of aromatic nitrogens is 2. The third kappa shape index (κ3) is 3.44. The van der Waals surface area contributed by atoms with Crippen molar-refractivity contribution in [3.05, 3.63) is 70.1 Å². The van der Waals surface area contributed by atoms with Gasteiger partial charge in [-0.3, -0.25) is 4.79 Å². The third-order valence-electron chi connectivity index (χ3n) is 5.67. The highest BCUT2D eigenvalue weighted by Gasteiger charge is 2.36. The van der Waals surface area contributed by atoms with Gasteiger partial charge >= 0.3 is 0 Å². The summed E-state index contributed by atoms with van der Waals surface area (Å²) in [6.07, 6.45) is 1.22. The van der Waals surface area contributed by atoms with Gasteiger partial charge in [-0.1, -0.05) is 41.1 Å². The van der Waals surface area contributed by atoms with Gasteiger partial charge in [0, 0.05) is 18.5 Å². The topological polar surface area (TPSA) is 59.2 Å². The van der Waals surface area contributed by atoms with Crippen molar-refractivity contribution in [3.8, 4) is 11.4 Å². The molecule has 28 heavy (non-hydrogen) atoms. The number of carbonyl (C=O) groups excluding carboxylic acids is 1. The van der Waals surface area contributed by atoms with Crippen LogP contribution < -0.4 is 0 Å². The van der Waals surface area contributed by atoms with E-state index >= 15 is 0 Å². The van der Waals surface area contributed by atoms with E-state index in [1.165, 1.54) is 22.3 Å². The van der Waals surface area contributed by atoms with E-state index in [2.05, 4.69) is 68.2 Å². The Bertz CT molecular complexity index is 1040. The third-order valence-corrected chi connectivity index (χ3v) is 5.67. The molecular formula is C23H25N3O2. The summed E-state index contributed by atoms with van der Waals surface area (Å²) >= 11 is 0. The van der Waals surface area contributed by atoms with E-state index in [1.54, 1.807) is 0 Å². The minimum Gasteiger partial charge on any atom is -0.337 e. The number of carbonyl (C=O) groups is 1. The van der Waals surface area contributed by atoms with E-state index in [0.29, 0.717) is 31.1 Å². The Morgan fingerprint density at radius 3 is 2.61 bits per heavy atom. The van der Waals surface area contributed by atoms with Crippen molar-refractivity contribution in [2.24, 2.45) is 0 Å². The van der Waals surface area contributed by atoms with Gasteiger partial charge in [0.2, 0.25) is 17.6 Å². The second kappa shape index (κ2) is 7.23. The zero-order valence-electron chi connectivity index (χ0n) is 16.8. The van der Waals surface area contributed by atoms with Crippen LogP contribution in [-0.4, -0.2) is 20.9 Å². The van der Waals surface area contributed by atoms with Crippen molar-refractivity contribution in [2.75, 3.05) is 0 Å². The SMILES string of the molecule is Cc1ccc(C)c(CN2C(=O)CCC2c2nc(-c3ccc(C)c(C)c3)no2)c1. The number of hydrogen-bond acceptors (Lipinski definition) is 4. The first-order valence-corrected chi connectivity index (χ1v) is 9.69. The number of likely N-dealkylation sites (tertiary alicyclic amines) is 1. The predicted molar refractivity (Wildman–Crippen MR) is 108 cm³/mol. The molecule has 0 radical (unpaired) electrons. The van der Waals surface area contributed by atoms with Gasteiger partial charge in [0.25, 0.3) is 0 Å². The summed E-state index contributed by atoms with van der Waals surface area (Å²) in [5.74, 6) is 1.23. The minimum absolute atomic E-state index is 0.136. The standard InChI is InChI=1S/C23H25N3O2/c1-14-5-6-16(3)19(11-14)13-26-20(9-10-21(26)27)23-24-22(25-28-23)18-8-7-15(2)17(4)12-18/h5-8,11-12,20H,9-10,13H2,1-4H3. The lowest BCUT2D eigenvalue weighted by Gasteiger charge is -2.23. The Balaban J connectivity index is 1.61. The van der Waals surface area contributed by atoms with Crippen LogP contribution in [0.2, 0.25) is 0 Å². The van der Waals surface area contributed by atoms with Gasteiger partial charge in [-0.15, -0.1) is 0 Å². The molecule has 1 unspecified atom stereocenters. The van der Waals surface area contributed by atoms with Crippen LogP contribution >= 0.6 is 0 Å². The molecule has 1 fully saturated rings. The summed E-state index contributed by atoms with van der Waals surface area (Å²) < 4.78 is 5.59. The Hall–Kier alpha value is -2.95. The Labute approximate surface area is 165 Å². The summed E-state index contributed by atoms with van der Waals surface area (Å²) in [5.41, 5.74) is 6.90. The second-order valence-electron chi connectivity index (χ2n) is 7.76. The second-order valence-corrected chi connectivity index (χ2v) is 7.76. The molecule has 4 rings (SSSR count). The number of hydrogen-bond donors (Lipinski definition) is 0. The Kier molecular flexibility index (Phi) is 4.75. The molecule has 0 bridgehead atoms. The van der Waals surface area contributed by atoms with Crippen LogP contribution in [0.4, 0.5) is 0 Å². The van der Waals surface area contributed by atoms with Gasteiger partial charge in [0.05, 0.1) is 0 Å². The molecule has 3 aromatic rings. The molecule has 144 valence electrons. The van der Waals surface area contributed by atoms with E-state index in [0.717, 1.165) is 11.1 Å². The maximum absolute atomic E-state index is 12.6. The molecule has 1 amide bonds. The van der Waals surface area contributed by atoms with Crippen molar-refractivity contribution >= 4 is 5.91 Å². The van der Waals surface area contributed by atoms with Crippen LogP contribution in [0.15, 0.2) is 40.9 Å². The van der Waals surface area contributed by atoms with Crippen LogP contribution in [0.3, 0.4) is 0 Å². The highest BCUT2D eigenvalue weighted by molar-refractivity contribution is 5.79. The maximum Gasteiger partial charge on any atom is 0.249 e. The quantitative estimate of drug-likeness (QED) is 0.655. The average molecular weight is 375 g/mol. The van der Waals surface area contributed by atoms with Gasteiger partial charge in [0.15, 0.2) is 0 Å². The number of amides is 1. The van der Waals surface area contributed by atoms with Crippen LogP contribution in [0.1, 0.15) is 52.6 Å². The summed E-state index contributed by atoms with van der Waals surface area (Å²) in [6, 6.07) is 12.3. The molecule has 0 saturated carbocycles. The van der Waals surface area contributed by atoms with Crippen molar-refractivity contribution in [3.63, 3.8) is 0 Å². The van der Waals surface area contributed by atoms with Crippen LogP contribution in [0, 0.1) is 27.7 Å². The molecule has 2 aromatic carbocycles. The fraction of sp³-hybridized carbons (Fsp3) is 0.348. The van der Waals surface area contributed by atoms with E-state index in [9.17, 15) is 4.79 Å². The number of benzene rings is 2. The largest absolute Gasteiger partial charge is 0.337 e. The first-order chi connectivity index (χ1) is 13.4. The molecule has 1 saturated heterocycles. The lowest BCUT2D eigenvalue weighted by molar-refractivity contribution is -0.130. The zero-order valence-corrected chi connectivity index (χ0v) is 16.8. The number of aryl methyl sites for hydroxylation is 4. The summed E-state index contributed by atoms with van der Waals surface area (Å²) in [7, 11) is 0. The van der Waals surface area contributed by atoms with Crippen molar-refractivity contribution in [1.29, 1.82) is 0 Å². The monoisotopic (exact) mass is 375 g/mol. The summed E-state index contributed by atoms with van der Waals surface area (Å²) in [6.45, 7) is 8.87. The fourth-order valence-electron chi connectivity index (χ4n) is 3.71. The van der Waals surface area contributed by atoms with E-state index in [1.807, 2.05) is 11.0 Å². The molecule has 5 nitrogen and oxygen atoms in total. The van der Waals surface area contributed by atoms with Crippen LogP contribution in [0.5, 0.6) is 0 Å². The molecule has 1 aromatic heterocycles. The molecule has 0 spiro atoms. The fourth-order valence-corrected chi connectivity index (χ4v) is 3.71. The molecule has 1 aliphatic rings. The first kappa shape index (κ1) is 18.4. The number of rotatable bonds is 4. The highest BCUT2D eigenvalue weighted by Crippen LogP contribution is 2.34. The Morgan fingerprint density at radius 1 is 1.04 bits per heavy atom. The van der Waals surface area contributed by atoms with Crippen molar-refractivity contribution < 1.29 is 9.32 Å². The highest BCUT2D eigenvalue weighted by atomic mass is 16.5. The van der Waals surface area contributed by atoms with E-state index in [-0.39, 0.29) is 11.9 Å².